The SMILES string of the molecule is NC(=O)C[NH2+]CC(=O)[O-]. The minimum Gasteiger partial charge on any atom is -0.544 e. The van der Waals surface area contributed by atoms with E-state index in [0.717, 1.165) is 0 Å². The van der Waals surface area contributed by atoms with E-state index in [1.54, 1.807) is 0 Å². The van der Waals surface area contributed by atoms with Crippen LogP contribution in [0, 0.1) is 0 Å². The van der Waals surface area contributed by atoms with E-state index in [0.29, 0.717) is 0 Å². The van der Waals surface area contributed by atoms with Crippen molar-refractivity contribution in [1.82, 2.24) is 0 Å². The van der Waals surface area contributed by atoms with Gasteiger partial charge in [0.15, 0.2) is 6.54 Å². The summed E-state index contributed by atoms with van der Waals surface area (Å²) < 4.78 is 0. The van der Waals surface area contributed by atoms with Crippen LogP contribution in [-0.4, -0.2) is 25.0 Å². The summed E-state index contributed by atoms with van der Waals surface area (Å²) in [5, 5.41) is 10.9. The average Bonchev–Trinajstić information content (AvgIpc) is 1.63. The van der Waals surface area contributed by atoms with Crippen LogP contribution in [0.4, 0.5) is 0 Å². The summed E-state index contributed by atoms with van der Waals surface area (Å²) in [4.78, 5) is 19.6. The quantitative estimate of drug-likeness (QED) is 0.405. The van der Waals surface area contributed by atoms with Crippen LogP contribution in [0.5, 0.6) is 0 Å². The maximum atomic E-state index is 9.96. The van der Waals surface area contributed by atoms with Gasteiger partial charge < -0.3 is 21.0 Å². The van der Waals surface area contributed by atoms with Gasteiger partial charge in [-0.3, -0.25) is 4.79 Å². The number of nitrogens with two attached hydrogens (primary N) is 2. The third kappa shape index (κ3) is 6.90. The van der Waals surface area contributed by atoms with Gasteiger partial charge in [-0.15, -0.1) is 0 Å². The molecule has 4 N–H and O–H groups in total. The smallest absolute Gasteiger partial charge is 0.272 e. The molecule has 0 aromatic rings. The zero-order valence-corrected chi connectivity index (χ0v) is 4.79. The van der Waals surface area contributed by atoms with Crippen molar-refractivity contribution in [2.75, 3.05) is 13.1 Å². The van der Waals surface area contributed by atoms with Gasteiger partial charge >= 0.3 is 0 Å². The number of amides is 1. The highest BCUT2D eigenvalue weighted by Gasteiger charge is 1.94. The van der Waals surface area contributed by atoms with Crippen molar-refractivity contribution in [1.29, 1.82) is 0 Å². The lowest BCUT2D eigenvalue weighted by molar-refractivity contribution is -0.639. The van der Waals surface area contributed by atoms with E-state index in [1.807, 2.05) is 0 Å². The van der Waals surface area contributed by atoms with Gasteiger partial charge in [-0.05, 0) is 0 Å². The molecule has 0 saturated heterocycles. The van der Waals surface area contributed by atoms with E-state index < -0.39 is 11.9 Å². The average molecular weight is 132 g/mol. The Morgan fingerprint density at radius 1 is 1.44 bits per heavy atom. The lowest BCUT2D eigenvalue weighted by atomic mass is 10.5. The van der Waals surface area contributed by atoms with E-state index >= 15 is 0 Å². The molecule has 0 spiro atoms. The molecular formula is C4H8N2O3. The fourth-order valence-electron chi connectivity index (χ4n) is 0.332. The second-order valence-electron chi connectivity index (χ2n) is 1.54. The lowest BCUT2D eigenvalue weighted by Gasteiger charge is -1.97. The highest BCUT2D eigenvalue weighted by molar-refractivity contribution is 5.74. The fraction of sp³-hybridized carbons (Fsp3) is 0.500. The molecule has 5 nitrogen and oxygen atoms in total. The Bertz CT molecular complexity index is 109. The van der Waals surface area contributed by atoms with Crippen molar-refractivity contribution in [3.05, 3.63) is 0 Å². The minimum atomic E-state index is -1.20. The van der Waals surface area contributed by atoms with Gasteiger partial charge in [-0.25, -0.2) is 0 Å². The summed E-state index contributed by atoms with van der Waals surface area (Å²) >= 11 is 0. The lowest BCUT2D eigenvalue weighted by Crippen LogP contribution is -2.89. The summed E-state index contributed by atoms with van der Waals surface area (Å²) in [6.45, 7) is -0.225. The number of primary amides is 1. The maximum absolute atomic E-state index is 9.96. The molecule has 0 aromatic heterocycles. The van der Waals surface area contributed by atoms with Gasteiger partial charge in [0.25, 0.3) is 5.91 Å². The van der Waals surface area contributed by atoms with Crippen molar-refractivity contribution in [3.8, 4) is 0 Å². The van der Waals surface area contributed by atoms with E-state index in [1.165, 1.54) is 5.32 Å². The number of carboxylic acid groups (broad SMARTS) is 1. The molecule has 9 heavy (non-hydrogen) atoms. The third-order valence-corrected chi connectivity index (χ3v) is 0.657. The molecule has 0 atom stereocenters. The van der Waals surface area contributed by atoms with Gasteiger partial charge in [0.1, 0.15) is 6.54 Å². The molecule has 0 radical (unpaired) electrons. The molecule has 0 fully saturated rings. The standard InChI is InChI=1S/C4H8N2O3/c5-3(7)1-6-2-4(8)9/h6H,1-2H2,(H2,5,7)(H,8,9). The molecule has 0 heterocycles. The Labute approximate surface area is 51.8 Å². The number of hydrogen-bond donors (Lipinski definition) is 2. The number of carbonyl (C=O) groups excluding carboxylic acids is 2. The van der Waals surface area contributed by atoms with E-state index in [-0.39, 0.29) is 13.1 Å². The highest BCUT2D eigenvalue weighted by atomic mass is 16.4. The van der Waals surface area contributed by atoms with Crippen molar-refractivity contribution >= 4 is 11.9 Å². The molecule has 0 unspecified atom stereocenters. The zero-order chi connectivity index (χ0) is 7.28. The van der Waals surface area contributed by atoms with Crippen LogP contribution >= 0.6 is 0 Å². The molecule has 0 aliphatic rings. The predicted molar refractivity (Wildman–Crippen MR) is 25.9 cm³/mol. The highest BCUT2D eigenvalue weighted by Crippen LogP contribution is 1.42. The normalized spacial score (nSPS) is 8.89. The number of hydrogen-bond acceptors (Lipinski definition) is 3. The van der Waals surface area contributed by atoms with Crippen molar-refractivity contribution in [2.45, 2.75) is 0 Å². The van der Waals surface area contributed by atoms with E-state index in [9.17, 15) is 14.7 Å². The molecule has 0 aliphatic carbocycles. The van der Waals surface area contributed by atoms with Gasteiger partial charge in [0.05, 0.1) is 5.97 Å². The molecule has 5 heteroatoms. The summed E-state index contributed by atoms with van der Waals surface area (Å²) in [7, 11) is 0. The number of aliphatic carboxylic acids is 1. The maximum Gasteiger partial charge on any atom is 0.272 e. The van der Waals surface area contributed by atoms with Crippen LogP contribution in [0.25, 0.3) is 0 Å². The van der Waals surface area contributed by atoms with Crippen LogP contribution in [-0.2, 0) is 9.59 Å². The number of rotatable bonds is 4. The van der Waals surface area contributed by atoms with Crippen LogP contribution in [0.15, 0.2) is 0 Å². The molecule has 0 saturated carbocycles. The monoisotopic (exact) mass is 132 g/mol. The predicted octanol–water partition coefficient (Wildman–Crippen LogP) is -4.21. The van der Waals surface area contributed by atoms with Gasteiger partial charge in [0.2, 0.25) is 0 Å². The molecule has 52 valence electrons. The van der Waals surface area contributed by atoms with Crippen molar-refractivity contribution in [2.24, 2.45) is 5.73 Å². The summed E-state index contributed by atoms with van der Waals surface area (Å²) in [5.41, 5.74) is 4.70. The first kappa shape index (κ1) is 7.90. The Kier molecular flexibility index (Phi) is 3.38. The Hall–Kier alpha value is -1.10. The minimum absolute atomic E-state index is 0.00597. The molecule has 1 amide bonds. The largest absolute Gasteiger partial charge is 0.544 e. The van der Waals surface area contributed by atoms with Crippen LogP contribution in [0.2, 0.25) is 0 Å². The van der Waals surface area contributed by atoms with Gasteiger partial charge in [-0.1, -0.05) is 0 Å². The second kappa shape index (κ2) is 3.85. The number of carbonyl (C=O) groups is 2. The molecular weight excluding hydrogens is 124 g/mol. The van der Waals surface area contributed by atoms with Gasteiger partial charge in [-0.2, -0.15) is 0 Å². The first-order valence-corrected chi connectivity index (χ1v) is 2.42. The Morgan fingerprint density at radius 3 is 2.33 bits per heavy atom. The van der Waals surface area contributed by atoms with E-state index in [4.69, 9.17) is 5.73 Å². The summed E-state index contributed by atoms with van der Waals surface area (Å²) in [5.74, 6) is -1.73. The molecule has 0 rings (SSSR count). The molecule has 0 bridgehead atoms. The second-order valence-corrected chi connectivity index (χ2v) is 1.54. The van der Waals surface area contributed by atoms with Crippen LogP contribution < -0.4 is 16.2 Å². The zero-order valence-electron chi connectivity index (χ0n) is 4.79. The first-order chi connectivity index (χ1) is 4.13. The van der Waals surface area contributed by atoms with Crippen molar-refractivity contribution in [3.63, 3.8) is 0 Å². The van der Waals surface area contributed by atoms with Crippen molar-refractivity contribution < 1.29 is 20.0 Å². The van der Waals surface area contributed by atoms with Crippen LogP contribution in [0.1, 0.15) is 0 Å². The first-order valence-electron chi connectivity index (χ1n) is 2.42. The van der Waals surface area contributed by atoms with Crippen LogP contribution in [0.3, 0.4) is 0 Å². The Morgan fingerprint density at radius 2 is 2.00 bits per heavy atom. The number of carboxylic acids is 1. The summed E-state index contributed by atoms with van der Waals surface area (Å²) in [6.07, 6.45) is 0. The van der Waals surface area contributed by atoms with Gasteiger partial charge in [0, 0.05) is 0 Å². The van der Waals surface area contributed by atoms with E-state index in [2.05, 4.69) is 0 Å². The Balaban J connectivity index is 3.10. The molecule has 0 aromatic carbocycles. The summed E-state index contributed by atoms with van der Waals surface area (Å²) in [6, 6.07) is 0. The number of quaternary nitrogens is 1. The molecule has 0 aliphatic heterocycles. The third-order valence-electron chi connectivity index (χ3n) is 0.657. The topological polar surface area (TPSA) is 99.8 Å². The fourth-order valence-corrected chi connectivity index (χ4v) is 0.332.